The summed E-state index contributed by atoms with van der Waals surface area (Å²) in [6, 6.07) is 3.78. The monoisotopic (exact) mass is 276 g/mol. The number of alkyl halides is 2. The van der Waals surface area contributed by atoms with Crippen molar-refractivity contribution in [3.05, 3.63) is 35.4 Å². The molecule has 1 unspecified atom stereocenters. The third-order valence-corrected chi connectivity index (χ3v) is 3.77. The van der Waals surface area contributed by atoms with E-state index in [0.717, 1.165) is 6.07 Å². The highest BCUT2D eigenvalue weighted by atomic mass is 19.3. The summed E-state index contributed by atoms with van der Waals surface area (Å²) < 4.78 is 52.5. The first-order chi connectivity index (χ1) is 8.89. The molecule has 1 aromatic rings. The minimum Gasteiger partial charge on any atom is -0.392 e. The van der Waals surface area contributed by atoms with Crippen LogP contribution in [0.4, 0.5) is 17.6 Å². The molecule has 0 spiro atoms. The van der Waals surface area contributed by atoms with Gasteiger partial charge in [-0.2, -0.15) is 0 Å². The molecule has 1 atom stereocenters. The van der Waals surface area contributed by atoms with Crippen molar-refractivity contribution in [2.24, 2.45) is 5.92 Å². The fraction of sp³-hybridized carbons (Fsp3) is 0.571. The van der Waals surface area contributed by atoms with Crippen LogP contribution in [-0.4, -0.2) is 17.1 Å². The van der Waals surface area contributed by atoms with E-state index in [2.05, 4.69) is 0 Å². The van der Waals surface area contributed by atoms with Gasteiger partial charge in [-0.15, -0.1) is 0 Å². The lowest BCUT2D eigenvalue weighted by atomic mass is 9.81. The Labute approximate surface area is 109 Å². The molecule has 2 rings (SSSR count). The molecule has 1 saturated carbocycles. The molecule has 0 amide bonds. The van der Waals surface area contributed by atoms with Crippen molar-refractivity contribution in [2.45, 2.75) is 44.1 Å². The molecule has 0 aliphatic heterocycles. The standard InChI is InChI=1S/C14H16F4O/c15-11-3-1-2-10(13(11)16)8-12(19)9-4-6-14(17,18)7-5-9/h1-3,9,12,19H,4-8H2. The van der Waals surface area contributed by atoms with Crippen LogP contribution >= 0.6 is 0 Å². The van der Waals surface area contributed by atoms with Crippen molar-refractivity contribution in [3.8, 4) is 0 Å². The number of benzene rings is 1. The third-order valence-electron chi connectivity index (χ3n) is 3.77. The number of hydrogen-bond donors (Lipinski definition) is 1. The van der Waals surface area contributed by atoms with E-state index < -0.39 is 23.7 Å². The van der Waals surface area contributed by atoms with E-state index in [1.165, 1.54) is 12.1 Å². The van der Waals surface area contributed by atoms with Crippen LogP contribution in [-0.2, 0) is 6.42 Å². The van der Waals surface area contributed by atoms with Crippen LogP contribution in [0.1, 0.15) is 31.2 Å². The molecule has 0 saturated heterocycles. The van der Waals surface area contributed by atoms with Crippen LogP contribution in [0.5, 0.6) is 0 Å². The Bertz CT molecular complexity index is 437. The fourth-order valence-corrected chi connectivity index (χ4v) is 2.55. The van der Waals surface area contributed by atoms with Gasteiger partial charge in [0, 0.05) is 19.3 Å². The third kappa shape index (κ3) is 3.47. The topological polar surface area (TPSA) is 20.2 Å². The first-order valence-electron chi connectivity index (χ1n) is 6.38. The average Bonchev–Trinajstić information content (AvgIpc) is 2.35. The Morgan fingerprint density at radius 2 is 1.84 bits per heavy atom. The van der Waals surface area contributed by atoms with Crippen molar-refractivity contribution in [3.63, 3.8) is 0 Å². The van der Waals surface area contributed by atoms with Gasteiger partial charge in [-0.1, -0.05) is 12.1 Å². The summed E-state index contributed by atoms with van der Waals surface area (Å²) in [4.78, 5) is 0. The highest BCUT2D eigenvalue weighted by Gasteiger charge is 2.37. The lowest BCUT2D eigenvalue weighted by Crippen LogP contribution is -2.32. The number of hydrogen-bond acceptors (Lipinski definition) is 1. The number of aliphatic hydroxyl groups is 1. The van der Waals surface area contributed by atoms with Crippen LogP contribution < -0.4 is 0 Å². The Balaban J connectivity index is 1.98. The molecule has 0 radical (unpaired) electrons. The summed E-state index contributed by atoms with van der Waals surface area (Å²) in [5.74, 6) is -4.86. The predicted molar refractivity (Wildman–Crippen MR) is 63.0 cm³/mol. The Morgan fingerprint density at radius 1 is 1.21 bits per heavy atom. The molecule has 1 nitrogen and oxygen atoms in total. The van der Waals surface area contributed by atoms with Crippen LogP contribution in [0.25, 0.3) is 0 Å². The summed E-state index contributed by atoms with van der Waals surface area (Å²) in [6.45, 7) is 0. The minimum absolute atomic E-state index is 0.0418. The molecule has 5 heteroatoms. The van der Waals surface area contributed by atoms with Crippen molar-refractivity contribution in [1.29, 1.82) is 0 Å². The van der Waals surface area contributed by atoms with Gasteiger partial charge in [0.2, 0.25) is 5.92 Å². The zero-order chi connectivity index (χ0) is 14.0. The SMILES string of the molecule is OC(Cc1cccc(F)c1F)C1CCC(F)(F)CC1. The summed E-state index contributed by atoms with van der Waals surface area (Å²) in [7, 11) is 0. The first-order valence-corrected chi connectivity index (χ1v) is 6.38. The van der Waals surface area contributed by atoms with E-state index in [1.807, 2.05) is 0 Å². The van der Waals surface area contributed by atoms with E-state index >= 15 is 0 Å². The second-order valence-corrected chi connectivity index (χ2v) is 5.18. The highest BCUT2D eigenvalue weighted by Crippen LogP contribution is 2.38. The van der Waals surface area contributed by atoms with E-state index in [4.69, 9.17) is 0 Å². The average molecular weight is 276 g/mol. The smallest absolute Gasteiger partial charge is 0.248 e. The van der Waals surface area contributed by atoms with Gasteiger partial charge >= 0.3 is 0 Å². The van der Waals surface area contributed by atoms with Gasteiger partial charge in [-0.25, -0.2) is 17.6 Å². The Hall–Kier alpha value is -1.10. The molecule has 0 heterocycles. The van der Waals surface area contributed by atoms with Crippen LogP contribution in [0.2, 0.25) is 0 Å². The van der Waals surface area contributed by atoms with Crippen molar-refractivity contribution in [2.75, 3.05) is 0 Å². The summed E-state index contributed by atoms with van der Waals surface area (Å²) in [6.07, 6.45) is -1.02. The Kier molecular flexibility index (Phi) is 4.13. The molecule has 0 bridgehead atoms. The minimum atomic E-state index is -2.65. The molecular formula is C14H16F4O. The van der Waals surface area contributed by atoms with Gasteiger partial charge < -0.3 is 5.11 Å². The van der Waals surface area contributed by atoms with E-state index in [-0.39, 0.29) is 43.6 Å². The molecule has 1 fully saturated rings. The normalized spacial score (nSPS) is 21.3. The number of rotatable bonds is 3. The van der Waals surface area contributed by atoms with E-state index in [1.54, 1.807) is 0 Å². The van der Waals surface area contributed by atoms with Crippen molar-refractivity contribution in [1.82, 2.24) is 0 Å². The van der Waals surface area contributed by atoms with Crippen molar-refractivity contribution < 1.29 is 22.7 Å². The first kappa shape index (κ1) is 14.3. The van der Waals surface area contributed by atoms with Gasteiger partial charge in [0.25, 0.3) is 0 Å². The quantitative estimate of drug-likeness (QED) is 0.835. The van der Waals surface area contributed by atoms with Gasteiger partial charge in [-0.3, -0.25) is 0 Å². The number of halogens is 4. The highest BCUT2D eigenvalue weighted by molar-refractivity contribution is 5.19. The van der Waals surface area contributed by atoms with Gasteiger partial charge in [-0.05, 0) is 30.4 Å². The molecule has 19 heavy (non-hydrogen) atoms. The second-order valence-electron chi connectivity index (χ2n) is 5.18. The van der Waals surface area contributed by atoms with Gasteiger partial charge in [0.05, 0.1) is 6.10 Å². The van der Waals surface area contributed by atoms with Crippen LogP contribution in [0, 0.1) is 17.6 Å². The van der Waals surface area contributed by atoms with Gasteiger partial charge in [0.1, 0.15) is 0 Å². The van der Waals surface area contributed by atoms with E-state index in [0.29, 0.717) is 0 Å². The predicted octanol–water partition coefficient (Wildman–Crippen LogP) is 3.69. The maximum absolute atomic E-state index is 13.4. The lowest BCUT2D eigenvalue weighted by molar-refractivity contribution is -0.0620. The van der Waals surface area contributed by atoms with Gasteiger partial charge in [0.15, 0.2) is 11.6 Å². The second kappa shape index (κ2) is 5.49. The lowest BCUT2D eigenvalue weighted by Gasteiger charge is -2.31. The maximum Gasteiger partial charge on any atom is 0.248 e. The fourth-order valence-electron chi connectivity index (χ4n) is 2.55. The summed E-state index contributed by atoms with van der Waals surface area (Å²) >= 11 is 0. The Morgan fingerprint density at radius 3 is 2.47 bits per heavy atom. The molecule has 106 valence electrons. The zero-order valence-corrected chi connectivity index (χ0v) is 10.4. The largest absolute Gasteiger partial charge is 0.392 e. The molecule has 1 aromatic carbocycles. The van der Waals surface area contributed by atoms with Crippen LogP contribution in [0.3, 0.4) is 0 Å². The molecule has 1 N–H and O–H groups in total. The zero-order valence-electron chi connectivity index (χ0n) is 10.4. The maximum atomic E-state index is 13.4. The summed E-state index contributed by atoms with van der Waals surface area (Å²) in [5, 5.41) is 9.98. The van der Waals surface area contributed by atoms with Crippen LogP contribution in [0.15, 0.2) is 18.2 Å². The molecule has 1 aliphatic rings. The van der Waals surface area contributed by atoms with Crippen molar-refractivity contribution >= 4 is 0 Å². The molecular weight excluding hydrogens is 260 g/mol. The molecule has 1 aliphatic carbocycles. The van der Waals surface area contributed by atoms with E-state index in [9.17, 15) is 22.7 Å². The summed E-state index contributed by atoms with van der Waals surface area (Å²) in [5.41, 5.74) is 0.0878. The number of aliphatic hydroxyl groups excluding tert-OH is 1. The molecule has 0 aromatic heterocycles.